The van der Waals surface area contributed by atoms with Crippen molar-refractivity contribution < 1.29 is 14.7 Å². The van der Waals surface area contributed by atoms with Crippen molar-refractivity contribution in [3.05, 3.63) is 94.8 Å². The second kappa shape index (κ2) is 13.1. The molecule has 0 aliphatic carbocycles. The van der Waals surface area contributed by atoms with Crippen LogP contribution in [0, 0.1) is 0 Å². The Balaban J connectivity index is 0.000000154. The molecule has 0 unspecified atom stereocenters. The number of aliphatic imine (C=N–C) groups is 2. The van der Waals surface area contributed by atoms with Crippen LogP contribution in [0.25, 0.3) is 22.1 Å². The van der Waals surface area contributed by atoms with Crippen molar-refractivity contribution in [1.82, 2.24) is 35.2 Å². The third kappa shape index (κ3) is 6.31. The summed E-state index contributed by atoms with van der Waals surface area (Å²) in [6.45, 7) is 4.21. The number of rotatable bonds is 9. The van der Waals surface area contributed by atoms with Gasteiger partial charge in [0.15, 0.2) is 0 Å². The van der Waals surface area contributed by atoms with Crippen molar-refractivity contribution in [3.8, 4) is 0 Å². The number of nitrogens with one attached hydrogen (secondary N) is 5. The van der Waals surface area contributed by atoms with Gasteiger partial charge in [-0.15, -0.1) is 0 Å². The third-order valence-electron chi connectivity index (χ3n) is 7.94. The summed E-state index contributed by atoms with van der Waals surface area (Å²) in [6, 6.07) is 15.4. The quantitative estimate of drug-likeness (QED) is 0.110. The van der Waals surface area contributed by atoms with E-state index in [0.29, 0.717) is 47.1 Å². The summed E-state index contributed by atoms with van der Waals surface area (Å²) in [5.74, 6) is 0.0613. The molecule has 240 valence electrons. The summed E-state index contributed by atoms with van der Waals surface area (Å²) in [6.07, 6.45) is 8.59. The number of hydrogen-bond donors (Lipinski definition) is 6. The van der Waals surface area contributed by atoms with Crippen LogP contribution in [-0.2, 0) is 13.1 Å². The molecule has 6 aromatic rings. The predicted molar refractivity (Wildman–Crippen MR) is 184 cm³/mol. The molecule has 8 rings (SSSR count). The average molecular weight is 642 g/mol. The minimum Gasteiger partial charge on any atom is -0.477 e. The number of carbonyl (C=O) groups excluding carboxylic acids is 1. The van der Waals surface area contributed by atoms with E-state index < -0.39 is 5.97 Å². The highest BCUT2D eigenvalue weighted by Gasteiger charge is 2.15. The second-order valence-electron chi connectivity index (χ2n) is 11.3. The number of carboxylic acid groups (broad SMARTS) is 1. The van der Waals surface area contributed by atoms with Crippen LogP contribution < -0.4 is 16.0 Å². The van der Waals surface area contributed by atoms with E-state index in [4.69, 9.17) is 5.11 Å². The lowest BCUT2D eigenvalue weighted by Crippen LogP contribution is -2.24. The highest BCUT2D eigenvalue weighted by molar-refractivity contribution is 6.01. The molecule has 6 N–H and O–H groups in total. The monoisotopic (exact) mass is 641 g/mol. The Labute approximate surface area is 273 Å². The van der Waals surface area contributed by atoms with Gasteiger partial charge in [-0.05, 0) is 65.1 Å². The maximum absolute atomic E-state index is 12.3. The van der Waals surface area contributed by atoms with Gasteiger partial charge in [0.05, 0.1) is 23.9 Å². The number of aromatic nitrogens is 6. The van der Waals surface area contributed by atoms with Crippen LogP contribution in [-0.4, -0.2) is 65.9 Å². The number of aromatic amines is 2. The molecule has 0 atom stereocenters. The minimum atomic E-state index is -1.03. The third-order valence-corrected chi connectivity index (χ3v) is 7.94. The summed E-state index contributed by atoms with van der Waals surface area (Å²) >= 11 is 0. The lowest BCUT2D eigenvalue weighted by atomic mass is 10.1. The number of carbonyl (C=O) groups is 2. The number of carboxylic acids is 1. The molecule has 48 heavy (non-hydrogen) atoms. The van der Waals surface area contributed by atoms with Gasteiger partial charge in [-0.25, -0.2) is 24.7 Å². The number of nitrogens with zero attached hydrogens (tertiary/aromatic N) is 6. The smallest absolute Gasteiger partial charge is 0.352 e. The van der Waals surface area contributed by atoms with Gasteiger partial charge in [-0.2, -0.15) is 0 Å². The van der Waals surface area contributed by atoms with E-state index in [1.165, 1.54) is 29.8 Å². The van der Waals surface area contributed by atoms with Crippen LogP contribution in [0.1, 0.15) is 63.0 Å². The molecule has 0 saturated carbocycles. The van der Waals surface area contributed by atoms with E-state index in [9.17, 15) is 9.59 Å². The first kappa shape index (κ1) is 30.2. The molecule has 2 aromatic carbocycles. The number of fused-ring (bicyclic) bond motifs is 4. The van der Waals surface area contributed by atoms with Crippen LogP contribution in [0.15, 0.2) is 71.2 Å². The largest absolute Gasteiger partial charge is 0.477 e. The zero-order valence-electron chi connectivity index (χ0n) is 25.9. The maximum Gasteiger partial charge on any atom is 0.352 e. The highest BCUT2D eigenvalue weighted by atomic mass is 16.4. The van der Waals surface area contributed by atoms with Gasteiger partial charge in [-0.3, -0.25) is 14.8 Å². The number of aromatic carboxylic acids is 1. The molecular weight excluding hydrogens is 610 g/mol. The molecule has 4 aromatic heterocycles. The summed E-state index contributed by atoms with van der Waals surface area (Å²) < 4.78 is 0. The topological polar surface area (TPSA) is 198 Å². The molecule has 0 spiro atoms. The standard InChI is InChI=1S/C19H20N6O.C15H11N5O2/c1-2-3-6-21-19(26)16-8-15-17(22-11-23-18(15)25-16)24-14-5-4-12-9-20-10-13(12)7-14;21-15(22)12-4-11-13(17-7-18-14(11)20-12)19-10-2-1-8-5-16-6-9(8)3-10/h4-5,7-8,10-11H,2-3,6,9H2,1H3,(H,21,26)(H2,22,23,24,25);1-4,6-7H,5H2,(H,21,22)(H2,17,18,19,20). The normalized spacial score (nSPS) is 12.4. The minimum absolute atomic E-state index is 0.0830. The van der Waals surface area contributed by atoms with Crippen molar-refractivity contribution in [2.75, 3.05) is 17.2 Å². The molecular formula is C34H31N11O3. The number of unbranched alkanes of at least 4 members (excludes halogenated alkanes) is 1. The lowest BCUT2D eigenvalue weighted by molar-refractivity contribution is 0.0691. The Hall–Kier alpha value is -6.44. The number of anilines is 4. The molecule has 2 aliphatic rings. The van der Waals surface area contributed by atoms with Gasteiger partial charge in [-0.1, -0.05) is 25.5 Å². The fourth-order valence-electron chi connectivity index (χ4n) is 5.42. The summed E-state index contributed by atoms with van der Waals surface area (Å²) in [4.78, 5) is 54.5. The highest BCUT2D eigenvalue weighted by Crippen LogP contribution is 2.28. The fourth-order valence-corrected chi connectivity index (χ4v) is 5.42. The summed E-state index contributed by atoms with van der Waals surface area (Å²) in [7, 11) is 0. The molecule has 0 fully saturated rings. The average Bonchev–Trinajstić information content (AvgIpc) is 3.90. The van der Waals surface area contributed by atoms with Gasteiger partial charge >= 0.3 is 5.97 Å². The van der Waals surface area contributed by atoms with Gasteiger partial charge in [0.2, 0.25) is 0 Å². The number of H-pyrrole nitrogens is 2. The SMILES string of the molecule is CCCCNC(=O)c1cc2c(Nc3ccc4c(c3)C=NC4)ncnc2[nH]1.O=C(O)c1cc2c(Nc3ccc4c(c3)C=NC4)ncnc2[nH]1. The van der Waals surface area contributed by atoms with Crippen molar-refractivity contribution in [3.63, 3.8) is 0 Å². The van der Waals surface area contributed by atoms with Crippen LogP contribution in [0.3, 0.4) is 0 Å². The van der Waals surface area contributed by atoms with E-state index in [-0.39, 0.29) is 11.6 Å². The van der Waals surface area contributed by atoms with Crippen molar-refractivity contribution in [1.29, 1.82) is 0 Å². The van der Waals surface area contributed by atoms with Gasteiger partial charge in [0.25, 0.3) is 5.91 Å². The molecule has 14 nitrogen and oxygen atoms in total. The lowest BCUT2D eigenvalue weighted by Gasteiger charge is -2.07. The Morgan fingerprint density at radius 1 is 0.750 bits per heavy atom. The van der Waals surface area contributed by atoms with Crippen LogP contribution in [0.5, 0.6) is 0 Å². The number of hydrogen-bond acceptors (Lipinski definition) is 10. The van der Waals surface area contributed by atoms with Crippen LogP contribution >= 0.6 is 0 Å². The summed E-state index contributed by atoms with van der Waals surface area (Å²) in [5, 5.41) is 19.9. The maximum atomic E-state index is 12.3. The Morgan fingerprint density at radius 3 is 1.83 bits per heavy atom. The van der Waals surface area contributed by atoms with Crippen molar-refractivity contribution in [2.45, 2.75) is 32.9 Å². The summed E-state index contributed by atoms with van der Waals surface area (Å²) in [5.41, 5.74) is 8.08. The molecule has 14 heteroatoms. The zero-order valence-corrected chi connectivity index (χ0v) is 25.9. The molecule has 0 bridgehead atoms. The number of benzene rings is 2. The van der Waals surface area contributed by atoms with E-state index in [0.717, 1.165) is 47.3 Å². The van der Waals surface area contributed by atoms with Gasteiger partial charge in [0, 0.05) is 30.3 Å². The Kier molecular flexibility index (Phi) is 8.26. The van der Waals surface area contributed by atoms with Crippen molar-refractivity contribution >= 4 is 69.4 Å². The van der Waals surface area contributed by atoms with E-state index in [2.05, 4.69) is 68.8 Å². The van der Waals surface area contributed by atoms with Crippen LogP contribution in [0.4, 0.5) is 23.0 Å². The van der Waals surface area contributed by atoms with E-state index in [1.807, 2.05) is 42.8 Å². The van der Waals surface area contributed by atoms with E-state index >= 15 is 0 Å². The first-order valence-electron chi connectivity index (χ1n) is 15.4. The van der Waals surface area contributed by atoms with E-state index in [1.54, 1.807) is 6.07 Å². The molecule has 6 heterocycles. The van der Waals surface area contributed by atoms with Gasteiger partial charge < -0.3 is 31.0 Å². The number of amides is 1. The fraction of sp³-hybridized carbons (Fsp3) is 0.176. The molecule has 2 aliphatic heterocycles. The first-order chi connectivity index (χ1) is 23.4. The Bertz CT molecular complexity index is 2230. The van der Waals surface area contributed by atoms with Gasteiger partial charge in [0.1, 0.15) is 47.0 Å². The van der Waals surface area contributed by atoms with Crippen molar-refractivity contribution in [2.24, 2.45) is 9.98 Å². The molecule has 0 radical (unpaired) electrons. The zero-order chi connectivity index (χ0) is 33.0. The predicted octanol–water partition coefficient (Wildman–Crippen LogP) is 5.50. The second-order valence-corrected chi connectivity index (χ2v) is 11.3. The first-order valence-corrected chi connectivity index (χ1v) is 15.4. The van der Waals surface area contributed by atoms with Crippen LogP contribution in [0.2, 0.25) is 0 Å². The Morgan fingerprint density at radius 2 is 1.29 bits per heavy atom. The molecule has 0 saturated heterocycles. The molecule has 1 amide bonds.